The van der Waals surface area contributed by atoms with Crippen molar-refractivity contribution in [2.45, 2.75) is 66.7 Å². The molecule has 0 aromatic rings. The van der Waals surface area contributed by atoms with Gasteiger partial charge in [-0.1, -0.05) is 0 Å². The van der Waals surface area contributed by atoms with Gasteiger partial charge in [-0.2, -0.15) is 0 Å². The number of nitrogens with zero attached hydrogens (tertiary/aromatic N) is 1. The van der Waals surface area contributed by atoms with E-state index in [-0.39, 0.29) is 30.4 Å². The summed E-state index contributed by atoms with van der Waals surface area (Å²) in [5.41, 5.74) is 1.76. The third kappa shape index (κ3) is 4.16. The van der Waals surface area contributed by atoms with Crippen molar-refractivity contribution >= 4 is 6.66 Å². The molecule has 1 aliphatic carbocycles. The quantitative estimate of drug-likeness (QED) is 0.588. The molecule has 0 unspecified atom stereocenters. The van der Waals surface area contributed by atoms with E-state index >= 15 is 0 Å². The molecule has 1 aliphatic rings. The van der Waals surface area contributed by atoms with E-state index in [2.05, 4.69) is 76.4 Å². The summed E-state index contributed by atoms with van der Waals surface area (Å²) in [5.74, 6) is 0. The summed E-state index contributed by atoms with van der Waals surface area (Å²) in [7, 11) is 0. The van der Waals surface area contributed by atoms with E-state index in [0.29, 0.717) is 0 Å². The number of hydrogen-bond donors (Lipinski definition) is 0. The predicted molar refractivity (Wildman–Crippen MR) is 85.8 cm³/mol. The first-order valence-corrected chi connectivity index (χ1v) is 19.9. The number of halogens is 2. The molecule has 20 heavy (non-hydrogen) atoms. The molecule has 0 saturated heterocycles. The van der Waals surface area contributed by atoms with Crippen molar-refractivity contribution in [2.75, 3.05) is 0 Å². The van der Waals surface area contributed by atoms with Crippen molar-refractivity contribution in [2.24, 2.45) is 0 Å². The van der Waals surface area contributed by atoms with Crippen LogP contribution in [0.15, 0.2) is 23.9 Å². The Bertz CT molecular complexity index is 412. The number of rotatable bonds is 3. The second-order valence-corrected chi connectivity index (χ2v) is 45.3. The van der Waals surface area contributed by atoms with Crippen LogP contribution in [0.3, 0.4) is 0 Å². The maximum absolute atomic E-state index is 3.10. The van der Waals surface area contributed by atoms with Gasteiger partial charge >= 0.3 is 114 Å². The zero-order valence-corrected chi connectivity index (χ0v) is 18.9. The Kier molecular flexibility index (Phi) is 6.66. The largest absolute Gasteiger partial charge is 1.00 e. The maximum atomic E-state index is 2.88. The van der Waals surface area contributed by atoms with Gasteiger partial charge in [-0.05, 0) is 0 Å². The van der Waals surface area contributed by atoms with Crippen molar-refractivity contribution in [1.29, 1.82) is 0 Å². The molecule has 0 aliphatic heterocycles. The Hall–Kier alpha value is 0.791. The standard InChI is InChI=1S/C9H14N.C2H7Si.4CH3.2ClH.Ti/c1-9(2,3)10-8-6-4-5-7-8;1-3-2;;;;;;;/h4-6H,7H2,1-3H3;3H,1-2H3;4*1H3;2*1H;/q-1;;;;;;;;+3/p-2. The summed E-state index contributed by atoms with van der Waals surface area (Å²) in [6.07, 6.45) is 7.97. The molecule has 0 aromatic carbocycles. The SMILES string of the molecule is C[SiH](C)[Ti+2]([CH3])([CH3])([CH3])([CH3])[N](C1=CC=CC1)C(C)(C)C.[Cl-].[Cl-]. The van der Waals surface area contributed by atoms with Crippen LogP contribution >= 0.6 is 0 Å². The van der Waals surface area contributed by atoms with Gasteiger partial charge in [0.15, 0.2) is 0 Å². The van der Waals surface area contributed by atoms with E-state index < -0.39 is 20.2 Å². The van der Waals surface area contributed by atoms with Gasteiger partial charge in [0, 0.05) is 0 Å². The van der Waals surface area contributed by atoms with Crippen LogP contribution in [-0.4, -0.2) is 15.6 Å². The molecule has 0 aromatic heterocycles. The van der Waals surface area contributed by atoms with E-state index in [4.69, 9.17) is 0 Å². The van der Waals surface area contributed by atoms with Crippen molar-refractivity contribution in [1.82, 2.24) is 3.38 Å². The van der Waals surface area contributed by atoms with E-state index in [9.17, 15) is 0 Å². The number of allylic oxidation sites excluding steroid dienone is 3. The zero-order chi connectivity index (χ0) is 14.5. The Morgan fingerprint density at radius 1 is 1.05 bits per heavy atom. The van der Waals surface area contributed by atoms with Gasteiger partial charge in [0.2, 0.25) is 0 Å². The summed E-state index contributed by atoms with van der Waals surface area (Å²) in [4.78, 5) is 0. The van der Waals surface area contributed by atoms with Crippen molar-refractivity contribution in [3.8, 4) is 0 Å². The first-order chi connectivity index (χ1) is 7.70. The molecule has 0 bridgehead atoms. The molecule has 0 fully saturated rings. The van der Waals surface area contributed by atoms with Crippen molar-refractivity contribution in [3.05, 3.63) is 23.9 Å². The molecular weight excluding hydrogens is 341 g/mol. The van der Waals surface area contributed by atoms with Crippen LogP contribution in [0.4, 0.5) is 0 Å². The fraction of sp³-hybridized carbons (Fsp3) is 0.733. The molecular formula is C15H33Cl2NSiTi. The maximum Gasteiger partial charge on any atom is -1.00 e. The van der Waals surface area contributed by atoms with E-state index in [0.717, 1.165) is 6.42 Å². The third-order valence-electron chi connectivity index (χ3n) is 5.30. The Morgan fingerprint density at radius 3 is 1.75 bits per heavy atom. The zero-order valence-electron chi connectivity index (χ0n) is 14.7. The third-order valence-corrected chi connectivity index (χ3v) is 40.2. The van der Waals surface area contributed by atoms with Crippen molar-refractivity contribution < 1.29 is 38.3 Å². The average molecular weight is 374 g/mol. The summed E-state index contributed by atoms with van der Waals surface area (Å²) < 4.78 is 2.88. The Balaban J connectivity index is 0. The monoisotopic (exact) mass is 373 g/mol. The Morgan fingerprint density at radius 2 is 1.50 bits per heavy atom. The van der Waals surface area contributed by atoms with E-state index in [1.807, 2.05) is 0 Å². The minimum atomic E-state index is -3.10. The molecule has 5 heteroatoms. The van der Waals surface area contributed by atoms with Crippen LogP contribution in [0.25, 0.3) is 0 Å². The fourth-order valence-electron chi connectivity index (χ4n) is 3.48. The normalized spacial score (nSPS) is 16.8. The first kappa shape index (κ1) is 23.1. The van der Waals surface area contributed by atoms with Gasteiger partial charge in [-0.25, -0.2) is 0 Å². The van der Waals surface area contributed by atoms with Gasteiger partial charge in [0.05, 0.1) is 0 Å². The van der Waals surface area contributed by atoms with Gasteiger partial charge in [-0.15, -0.1) is 0 Å². The smallest absolute Gasteiger partial charge is 1.00 e. The molecule has 120 valence electrons. The second-order valence-electron chi connectivity index (χ2n) is 10.1. The molecule has 1 rings (SSSR count). The minimum Gasteiger partial charge on any atom is -1.00 e. The Labute approximate surface area is 138 Å². The molecule has 0 spiro atoms. The summed E-state index contributed by atoms with van der Waals surface area (Å²) in [6, 6.07) is 0. The summed E-state index contributed by atoms with van der Waals surface area (Å²) in [6.45, 7) is 11.5. The van der Waals surface area contributed by atoms with Gasteiger partial charge in [-0.3, -0.25) is 0 Å². The summed E-state index contributed by atoms with van der Waals surface area (Å²) in [5, 5.41) is 10.6. The van der Waals surface area contributed by atoms with Gasteiger partial charge in [0.1, 0.15) is 0 Å². The van der Waals surface area contributed by atoms with Crippen LogP contribution in [0, 0.1) is 0 Å². The molecule has 0 atom stereocenters. The topological polar surface area (TPSA) is 3.24 Å². The van der Waals surface area contributed by atoms with Crippen LogP contribution in [-0.2, 0) is 13.5 Å². The van der Waals surface area contributed by atoms with Gasteiger partial charge in [0.25, 0.3) is 0 Å². The summed E-state index contributed by atoms with van der Waals surface area (Å²) >= 11 is -3.10. The molecule has 0 amide bonds. The minimum absolute atomic E-state index is 0. The molecule has 0 radical (unpaired) electrons. The number of hydrogen-bond acceptors (Lipinski definition) is 1. The fourth-order valence-corrected chi connectivity index (χ4v) is 15.8. The van der Waals surface area contributed by atoms with Crippen LogP contribution in [0.5, 0.6) is 0 Å². The predicted octanol–water partition coefficient (Wildman–Crippen LogP) is -0.745. The van der Waals surface area contributed by atoms with Gasteiger partial charge < -0.3 is 24.8 Å². The van der Waals surface area contributed by atoms with E-state index in [1.165, 1.54) is 0 Å². The van der Waals surface area contributed by atoms with Crippen LogP contribution in [0.1, 0.15) is 27.2 Å². The molecule has 0 N–H and O–H groups in total. The van der Waals surface area contributed by atoms with Crippen LogP contribution < -0.4 is 24.8 Å². The molecule has 1 nitrogen and oxygen atoms in total. The van der Waals surface area contributed by atoms with E-state index in [1.54, 1.807) is 5.70 Å². The first-order valence-electron chi connectivity index (χ1n) is 7.33. The second kappa shape index (κ2) is 5.77. The van der Waals surface area contributed by atoms with Crippen molar-refractivity contribution in [3.63, 3.8) is 0 Å². The molecule has 0 saturated carbocycles. The van der Waals surface area contributed by atoms with Crippen LogP contribution in [0.2, 0.25) is 34.0 Å². The molecule has 0 heterocycles. The average Bonchev–Trinajstić information content (AvgIpc) is 2.50.